The first kappa shape index (κ1) is 29.0. The number of aromatic nitrogens is 1. The second-order valence-corrected chi connectivity index (χ2v) is 13.1. The highest BCUT2D eigenvalue weighted by molar-refractivity contribution is 6.01. The first-order valence-corrected chi connectivity index (χ1v) is 15.6. The standard InChI is InChI=1S/C37H43N3O3/c1-25-33(29-15-9-10-16-31(29)38-25)34-30(36(34,2)3)23-32(41)40(24-26-13-7-5-8-14-26)37(21-11-6-12-22-37)35(42)39-27-17-19-28(43-4)20-18-27/h5,7-10,13-20,30,34,38H,6,11-12,21-24H2,1-4H3,(H,39,42)/t30-,34+/m0/s1. The Labute approximate surface area is 254 Å². The lowest BCUT2D eigenvalue weighted by Crippen LogP contribution is -2.59. The van der Waals surface area contributed by atoms with Crippen molar-refractivity contribution in [3.8, 4) is 5.75 Å². The normalized spacial score (nSPS) is 20.4. The molecule has 0 aliphatic heterocycles. The second-order valence-electron chi connectivity index (χ2n) is 13.1. The van der Waals surface area contributed by atoms with Gasteiger partial charge in [0.15, 0.2) is 0 Å². The quantitative estimate of drug-likeness (QED) is 0.212. The molecule has 2 fully saturated rings. The number of aromatic amines is 1. The van der Waals surface area contributed by atoms with Crippen LogP contribution in [0.25, 0.3) is 10.9 Å². The summed E-state index contributed by atoms with van der Waals surface area (Å²) >= 11 is 0. The van der Waals surface area contributed by atoms with Crippen molar-refractivity contribution in [2.24, 2.45) is 11.3 Å². The number of rotatable bonds is 9. The van der Waals surface area contributed by atoms with E-state index in [1.807, 2.05) is 47.4 Å². The zero-order chi connectivity index (χ0) is 30.2. The summed E-state index contributed by atoms with van der Waals surface area (Å²) in [5, 5.41) is 4.42. The molecule has 4 aromatic rings. The van der Waals surface area contributed by atoms with Crippen LogP contribution in [0.1, 0.15) is 75.1 Å². The van der Waals surface area contributed by atoms with Gasteiger partial charge in [-0.1, -0.05) is 81.6 Å². The largest absolute Gasteiger partial charge is 0.497 e. The molecule has 43 heavy (non-hydrogen) atoms. The van der Waals surface area contributed by atoms with E-state index in [4.69, 9.17) is 4.74 Å². The number of amides is 2. The maximum atomic E-state index is 14.6. The van der Waals surface area contributed by atoms with Gasteiger partial charge < -0.3 is 19.9 Å². The van der Waals surface area contributed by atoms with Crippen LogP contribution in [-0.2, 0) is 16.1 Å². The number of H-pyrrole nitrogens is 1. The summed E-state index contributed by atoms with van der Waals surface area (Å²) in [6.07, 6.45) is 4.64. The molecule has 2 aliphatic rings. The molecule has 224 valence electrons. The number of hydrogen-bond acceptors (Lipinski definition) is 3. The Morgan fingerprint density at radius 1 is 0.930 bits per heavy atom. The molecular weight excluding hydrogens is 534 g/mol. The third-order valence-electron chi connectivity index (χ3n) is 10.2. The number of aryl methyl sites for hydroxylation is 1. The molecule has 6 heteroatoms. The van der Waals surface area contributed by atoms with Gasteiger partial charge in [-0.05, 0) is 78.5 Å². The molecule has 2 N–H and O–H groups in total. The predicted octanol–water partition coefficient (Wildman–Crippen LogP) is 7.99. The van der Waals surface area contributed by atoms with E-state index in [1.54, 1.807) is 7.11 Å². The van der Waals surface area contributed by atoms with Gasteiger partial charge in [0.1, 0.15) is 11.3 Å². The molecular formula is C37H43N3O3. The van der Waals surface area contributed by atoms with E-state index in [0.29, 0.717) is 31.5 Å². The summed E-state index contributed by atoms with van der Waals surface area (Å²) in [5.74, 6) is 1.18. The van der Waals surface area contributed by atoms with E-state index < -0.39 is 5.54 Å². The molecule has 1 aromatic heterocycles. The fourth-order valence-corrected chi connectivity index (χ4v) is 7.62. The summed E-state index contributed by atoms with van der Waals surface area (Å²) in [7, 11) is 1.63. The Hall–Kier alpha value is -4.06. The van der Waals surface area contributed by atoms with Gasteiger partial charge in [0, 0.05) is 35.2 Å². The van der Waals surface area contributed by atoms with Crippen molar-refractivity contribution < 1.29 is 14.3 Å². The van der Waals surface area contributed by atoms with Gasteiger partial charge in [-0.2, -0.15) is 0 Å². The Morgan fingerprint density at radius 3 is 2.30 bits per heavy atom. The van der Waals surface area contributed by atoms with E-state index in [0.717, 1.165) is 36.1 Å². The van der Waals surface area contributed by atoms with Crippen LogP contribution in [0.4, 0.5) is 5.69 Å². The average Bonchev–Trinajstić information content (AvgIpc) is 3.37. The lowest BCUT2D eigenvalue weighted by molar-refractivity contribution is -0.149. The van der Waals surface area contributed by atoms with E-state index in [1.165, 1.54) is 16.6 Å². The smallest absolute Gasteiger partial charge is 0.250 e. The van der Waals surface area contributed by atoms with Crippen LogP contribution in [0.5, 0.6) is 5.75 Å². The number of nitrogens with zero attached hydrogens (tertiary/aromatic N) is 1. The predicted molar refractivity (Wildman–Crippen MR) is 172 cm³/mol. The number of benzene rings is 3. The molecule has 2 atom stereocenters. The number of carbonyl (C=O) groups is 2. The Morgan fingerprint density at radius 2 is 1.60 bits per heavy atom. The number of hydrogen-bond donors (Lipinski definition) is 2. The minimum Gasteiger partial charge on any atom is -0.497 e. The van der Waals surface area contributed by atoms with Crippen molar-refractivity contribution in [3.05, 3.63) is 95.7 Å². The van der Waals surface area contributed by atoms with Crippen molar-refractivity contribution in [3.63, 3.8) is 0 Å². The van der Waals surface area contributed by atoms with Crippen LogP contribution < -0.4 is 10.1 Å². The molecule has 0 saturated heterocycles. The van der Waals surface area contributed by atoms with Gasteiger partial charge >= 0.3 is 0 Å². The van der Waals surface area contributed by atoms with E-state index in [2.05, 4.69) is 67.5 Å². The maximum Gasteiger partial charge on any atom is 0.250 e. The highest BCUT2D eigenvalue weighted by Crippen LogP contribution is 2.67. The fourth-order valence-electron chi connectivity index (χ4n) is 7.62. The molecule has 2 aliphatic carbocycles. The Balaban J connectivity index is 1.32. The van der Waals surface area contributed by atoms with E-state index in [-0.39, 0.29) is 29.1 Å². The molecule has 0 bridgehead atoms. The monoisotopic (exact) mass is 577 g/mol. The summed E-state index contributed by atoms with van der Waals surface area (Å²) in [5.41, 5.74) is 4.48. The lowest BCUT2D eigenvalue weighted by atomic mass is 9.78. The van der Waals surface area contributed by atoms with Gasteiger partial charge in [0.2, 0.25) is 11.8 Å². The lowest BCUT2D eigenvalue weighted by Gasteiger charge is -2.45. The van der Waals surface area contributed by atoms with Gasteiger partial charge in [0.05, 0.1) is 7.11 Å². The number of carbonyl (C=O) groups excluding carboxylic acids is 2. The second kappa shape index (κ2) is 11.6. The van der Waals surface area contributed by atoms with Crippen LogP contribution in [0, 0.1) is 18.3 Å². The molecule has 0 spiro atoms. The Bertz CT molecular complexity index is 1600. The zero-order valence-corrected chi connectivity index (χ0v) is 25.8. The number of anilines is 1. The first-order valence-electron chi connectivity index (χ1n) is 15.6. The number of ether oxygens (including phenoxy) is 1. The topological polar surface area (TPSA) is 74.4 Å². The number of para-hydroxylation sites is 1. The Kier molecular flexibility index (Phi) is 7.80. The molecule has 6 rings (SSSR count). The first-order chi connectivity index (χ1) is 20.7. The summed E-state index contributed by atoms with van der Waals surface area (Å²) < 4.78 is 5.30. The van der Waals surface area contributed by atoms with Gasteiger partial charge in [0.25, 0.3) is 0 Å². The van der Waals surface area contributed by atoms with Crippen molar-refractivity contribution >= 4 is 28.4 Å². The van der Waals surface area contributed by atoms with Crippen molar-refractivity contribution in [1.82, 2.24) is 9.88 Å². The van der Waals surface area contributed by atoms with E-state index >= 15 is 0 Å². The van der Waals surface area contributed by atoms with Crippen LogP contribution >= 0.6 is 0 Å². The third kappa shape index (κ3) is 5.44. The summed E-state index contributed by atoms with van der Waals surface area (Å²) in [6.45, 7) is 7.13. The highest BCUT2D eigenvalue weighted by Gasteiger charge is 2.60. The van der Waals surface area contributed by atoms with Crippen molar-refractivity contribution in [2.45, 2.75) is 77.3 Å². The molecule has 0 unspecified atom stereocenters. The zero-order valence-electron chi connectivity index (χ0n) is 25.8. The van der Waals surface area contributed by atoms with Gasteiger partial charge in [-0.15, -0.1) is 0 Å². The van der Waals surface area contributed by atoms with Gasteiger partial charge in [-0.3, -0.25) is 9.59 Å². The molecule has 2 amide bonds. The van der Waals surface area contributed by atoms with Crippen LogP contribution in [0.2, 0.25) is 0 Å². The average molecular weight is 578 g/mol. The van der Waals surface area contributed by atoms with E-state index in [9.17, 15) is 9.59 Å². The van der Waals surface area contributed by atoms with Crippen molar-refractivity contribution in [1.29, 1.82) is 0 Å². The fraction of sp³-hybridized carbons (Fsp3) is 0.405. The molecule has 0 radical (unpaired) electrons. The minimum absolute atomic E-state index is 0.0190. The SMILES string of the molecule is COc1ccc(NC(=O)C2(N(Cc3ccccc3)C(=O)C[C@H]3[C@H](c4c(C)[nH]c5ccccc45)C3(C)C)CCCCC2)cc1. The number of fused-ring (bicyclic) bond motifs is 1. The minimum atomic E-state index is -0.906. The van der Waals surface area contributed by atoms with Crippen LogP contribution in [0.15, 0.2) is 78.9 Å². The third-order valence-corrected chi connectivity index (χ3v) is 10.2. The van der Waals surface area contributed by atoms with Crippen LogP contribution in [-0.4, -0.2) is 34.3 Å². The molecule has 3 aromatic carbocycles. The molecule has 1 heterocycles. The van der Waals surface area contributed by atoms with Gasteiger partial charge in [-0.25, -0.2) is 0 Å². The summed E-state index contributed by atoms with van der Waals surface area (Å²) in [6, 6.07) is 26.0. The number of nitrogens with one attached hydrogen (secondary N) is 2. The number of methoxy groups -OCH3 is 1. The maximum absolute atomic E-state index is 14.6. The van der Waals surface area contributed by atoms with Crippen molar-refractivity contribution in [2.75, 3.05) is 12.4 Å². The highest BCUT2D eigenvalue weighted by atomic mass is 16.5. The van der Waals surface area contributed by atoms with Crippen LogP contribution in [0.3, 0.4) is 0 Å². The molecule has 2 saturated carbocycles. The summed E-state index contributed by atoms with van der Waals surface area (Å²) in [4.78, 5) is 34.4. The molecule has 6 nitrogen and oxygen atoms in total.